The van der Waals surface area contributed by atoms with Crippen LogP contribution in [0.1, 0.15) is 34.7 Å². The van der Waals surface area contributed by atoms with Crippen LogP contribution in [-0.2, 0) is 0 Å². The number of aromatic nitrogens is 7. The number of carbonyl (C=O) groups is 1. The molecule has 0 radical (unpaired) electrons. The van der Waals surface area contributed by atoms with E-state index in [0.717, 1.165) is 0 Å². The van der Waals surface area contributed by atoms with E-state index in [4.69, 9.17) is 21.3 Å². The van der Waals surface area contributed by atoms with E-state index in [9.17, 15) is 4.79 Å². The standard InChI is InChI=1S/C25H15ClN8O2/c1-15(35)17-6-7-20(29-14-17)24-32-30-22(34(24)21-5-3-2-4-19(21)26)8-9-23-31-33-25(36-23)16-10-11-28-18(12-16)13-27/h2-12,14H,1H3. The maximum absolute atomic E-state index is 11.6. The van der Waals surface area contributed by atoms with Crippen molar-refractivity contribution in [2.75, 3.05) is 0 Å². The van der Waals surface area contributed by atoms with Gasteiger partial charge in [-0.1, -0.05) is 23.7 Å². The molecule has 5 aromatic rings. The molecule has 0 aliphatic heterocycles. The first-order chi connectivity index (χ1) is 17.5. The largest absolute Gasteiger partial charge is 0.417 e. The van der Waals surface area contributed by atoms with Crippen LogP contribution in [0.5, 0.6) is 0 Å². The van der Waals surface area contributed by atoms with Crippen molar-refractivity contribution in [2.24, 2.45) is 0 Å². The zero-order valence-corrected chi connectivity index (χ0v) is 19.5. The van der Waals surface area contributed by atoms with Gasteiger partial charge in [0.1, 0.15) is 17.5 Å². The Morgan fingerprint density at radius 1 is 1.06 bits per heavy atom. The highest BCUT2D eigenvalue weighted by Gasteiger charge is 2.18. The lowest BCUT2D eigenvalue weighted by Gasteiger charge is -2.10. The van der Waals surface area contributed by atoms with E-state index in [0.29, 0.717) is 39.2 Å². The van der Waals surface area contributed by atoms with Crippen LogP contribution in [0.25, 0.3) is 40.8 Å². The summed E-state index contributed by atoms with van der Waals surface area (Å²) in [5.74, 6) is 1.26. The average molecular weight is 495 g/mol. The van der Waals surface area contributed by atoms with Gasteiger partial charge in [-0.3, -0.25) is 14.3 Å². The molecule has 0 N–H and O–H groups in total. The minimum Gasteiger partial charge on any atom is -0.417 e. The topological polar surface area (TPSA) is 136 Å². The number of nitriles is 1. The summed E-state index contributed by atoms with van der Waals surface area (Å²) in [7, 11) is 0. The normalized spacial score (nSPS) is 11.0. The lowest BCUT2D eigenvalue weighted by atomic mass is 10.2. The summed E-state index contributed by atoms with van der Waals surface area (Å²) in [5, 5.41) is 26.2. The number of rotatable bonds is 6. The van der Waals surface area contributed by atoms with Gasteiger partial charge in [-0.05, 0) is 49.4 Å². The lowest BCUT2D eigenvalue weighted by Crippen LogP contribution is -2.02. The van der Waals surface area contributed by atoms with Gasteiger partial charge in [-0.2, -0.15) is 5.26 Å². The average Bonchev–Trinajstić information content (AvgIpc) is 3.55. The van der Waals surface area contributed by atoms with Crippen LogP contribution in [0.15, 0.2) is 65.3 Å². The fourth-order valence-electron chi connectivity index (χ4n) is 3.36. The minimum atomic E-state index is -0.0835. The Balaban J connectivity index is 1.53. The highest BCUT2D eigenvalue weighted by atomic mass is 35.5. The molecule has 10 nitrogen and oxygen atoms in total. The predicted octanol–water partition coefficient (Wildman–Crippen LogP) is 4.67. The fourth-order valence-corrected chi connectivity index (χ4v) is 3.58. The molecule has 4 aromatic heterocycles. The zero-order valence-electron chi connectivity index (χ0n) is 18.7. The predicted molar refractivity (Wildman–Crippen MR) is 131 cm³/mol. The summed E-state index contributed by atoms with van der Waals surface area (Å²) >= 11 is 6.49. The molecular formula is C25H15ClN8O2. The van der Waals surface area contributed by atoms with Crippen molar-refractivity contribution >= 4 is 29.5 Å². The SMILES string of the molecule is CC(=O)c1ccc(-c2nnc(C=Cc3nnc(-c4ccnc(C#N)c4)o3)n2-c2ccccc2Cl)nc1. The van der Waals surface area contributed by atoms with Crippen LogP contribution in [0.2, 0.25) is 5.02 Å². The van der Waals surface area contributed by atoms with E-state index in [2.05, 4.69) is 30.4 Å². The minimum absolute atomic E-state index is 0.0835. The summed E-state index contributed by atoms with van der Waals surface area (Å²) < 4.78 is 7.46. The number of ketones is 1. The third kappa shape index (κ3) is 4.51. The maximum Gasteiger partial charge on any atom is 0.248 e. The lowest BCUT2D eigenvalue weighted by molar-refractivity contribution is 0.101. The van der Waals surface area contributed by atoms with Gasteiger partial charge in [-0.25, -0.2) is 4.98 Å². The molecule has 0 bridgehead atoms. The monoisotopic (exact) mass is 494 g/mol. The highest BCUT2D eigenvalue weighted by molar-refractivity contribution is 6.32. The molecule has 0 unspecified atom stereocenters. The van der Waals surface area contributed by atoms with Crippen LogP contribution < -0.4 is 0 Å². The van der Waals surface area contributed by atoms with Gasteiger partial charge in [0.05, 0.1) is 10.7 Å². The molecule has 174 valence electrons. The van der Waals surface area contributed by atoms with Crippen molar-refractivity contribution in [1.82, 2.24) is 34.9 Å². The van der Waals surface area contributed by atoms with Gasteiger partial charge in [0.15, 0.2) is 17.4 Å². The Morgan fingerprint density at radius 3 is 2.67 bits per heavy atom. The zero-order chi connectivity index (χ0) is 25.1. The number of pyridine rings is 2. The molecule has 1 aromatic carbocycles. The summed E-state index contributed by atoms with van der Waals surface area (Å²) in [6.07, 6.45) is 6.25. The third-order valence-electron chi connectivity index (χ3n) is 5.12. The Kier molecular flexibility index (Phi) is 6.13. The van der Waals surface area contributed by atoms with Crippen LogP contribution in [-0.4, -0.2) is 40.7 Å². The highest BCUT2D eigenvalue weighted by Crippen LogP contribution is 2.28. The Morgan fingerprint density at radius 2 is 1.92 bits per heavy atom. The summed E-state index contributed by atoms with van der Waals surface area (Å²) in [6.45, 7) is 1.48. The Hall–Kier alpha value is -5.01. The number of halogens is 1. The molecule has 11 heteroatoms. The van der Waals surface area contributed by atoms with Gasteiger partial charge in [0, 0.05) is 29.6 Å². The molecule has 0 aliphatic carbocycles. The molecule has 0 atom stereocenters. The number of Topliss-reactive ketones (excluding diaryl/α,β-unsaturated/α-hetero) is 1. The van der Waals surface area contributed by atoms with Crippen molar-refractivity contribution in [2.45, 2.75) is 6.92 Å². The second-order valence-electron chi connectivity index (χ2n) is 7.48. The van der Waals surface area contributed by atoms with Crippen LogP contribution in [0.3, 0.4) is 0 Å². The maximum atomic E-state index is 11.6. The quantitative estimate of drug-likeness (QED) is 0.308. The second-order valence-corrected chi connectivity index (χ2v) is 7.88. The molecular weight excluding hydrogens is 480 g/mol. The van der Waals surface area contributed by atoms with E-state index in [1.807, 2.05) is 24.3 Å². The number of hydrogen-bond donors (Lipinski definition) is 0. The Bertz CT molecular complexity index is 1650. The van der Waals surface area contributed by atoms with Crippen LogP contribution in [0, 0.1) is 11.3 Å². The first kappa shape index (κ1) is 22.8. The molecule has 0 spiro atoms. The summed E-state index contributed by atoms with van der Waals surface area (Å²) in [6, 6.07) is 15.9. The van der Waals surface area contributed by atoms with Gasteiger partial charge < -0.3 is 4.42 Å². The molecule has 0 fully saturated rings. The van der Waals surface area contributed by atoms with Gasteiger partial charge in [0.2, 0.25) is 11.8 Å². The molecule has 0 aliphatic rings. The number of carbonyl (C=O) groups excluding carboxylic acids is 1. The van der Waals surface area contributed by atoms with Crippen molar-refractivity contribution in [1.29, 1.82) is 5.26 Å². The third-order valence-corrected chi connectivity index (χ3v) is 5.44. The second kappa shape index (κ2) is 9.69. The summed E-state index contributed by atoms with van der Waals surface area (Å²) in [5.41, 5.74) is 2.47. The Labute approximate surface area is 209 Å². The number of para-hydroxylation sites is 1. The van der Waals surface area contributed by atoms with Gasteiger partial charge >= 0.3 is 0 Å². The van der Waals surface area contributed by atoms with Crippen molar-refractivity contribution < 1.29 is 9.21 Å². The van der Waals surface area contributed by atoms with Crippen molar-refractivity contribution in [3.63, 3.8) is 0 Å². The number of nitrogens with zero attached hydrogens (tertiary/aromatic N) is 8. The van der Waals surface area contributed by atoms with Crippen molar-refractivity contribution in [3.05, 3.63) is 88.9 Å². The molecule has 0 saturated carbocycles. The van der Waals surface area contributed by atoms with Crippen LogP contribution in [0.4, 0.5) is 0 Å². The first-order valence-corrected chi connectivity index (χ1v) is 11.0. The number of hydrogen-bond acceptors (Lipinski definition) is 9. The van der Waals surface area contributed by atoms with E-state index in [1.165, 1.54) is 19.3 Å². The number of benzene rings is 1. The molecule has 36 heavy (non-hydrogen) atoms. The van der Waals surface area contributed by atoms with Crippen molar-refractivity contribution in [3.8, 4) is 34.7 Å². The van der Waals surface area contributed by atoms with Gasteiger partial charge in [-0.15, -0.1) is 20.4 Å². The summed E-state index contributed by atoms with van der Waals surface area (Å²) in [4.78, 5) is 20.0. The smallest absolute Gasteiger partial charge is 0.248 e. The van der Waals surface area contributed by atoms with Gasteiger partial charge in [0.25, 0.3) is 0 Å². The van der Waals surface area contributed by atoms with Crippen LogP contribution >= 0.6 is 11.6 Å². The first-order valence-electron chi connectivity index (χ1n) is 10.6. The molecule has 5 rings (SSSR count). The van der Waals surface area contributed by atoms with E-state index in [1.54, 1.807) is 47.1 Å². The van der Waals surface area contributed by atoms with E-state index in [-0.39, 0.29) is 23.3 Å². The molecule has 4 heterocycles. The fraction of sp³-hybridized carbons (Fsp3) is 0.0400. The molecule has 0 amide bonds. The van der Waals surface area contributed by atoms with E-state index >= 15 is 0 Å². The van der Waals surface area contributed by atoms with E-state index < -0.39 is 0 Å². The molecule has 0 saturated heterocycles.